The molecule has 38 heavy (non-hydrogen) atoms. The maximum Gasteiger partial charge on any atom is 0.416 e. The maximum absolute atomic E-state index is 13.8. The number of hydrogen-bond acceptors (Lipinski definition) is 5. The van der Waals surface area contributed by atoms with E-state index in [4.69, 9.17) is 9.47 Å². The monoisotopic (exact) mass is 528 g/mol. The Kier molecular flexibility index (Phi) is 7.45. The number of amides is 1. The van der Waals surface area contributed by atoms with Crippen molar-refractivity contribution in [2.45, 2.75) is 50.0 Å². The fraction of sp³-hybridized carbons (Fsp3) is 0.429. The molecule has 5 rings (SSSR count). The first-order valence-corrected chi connectivity index (χ1v) is 12.8. The normalized spacial score (nSPS) is 20.7. The van der Waals surface area contributed by atoms with Crippen LogP contribution in [-0.2, 0) is 15.7 Å². The molecule has 0 saturated carbocycles. The SMILES string of the molecule is CC(NC(=O)C1(N2CC[C@@H](Oc3cccc(C(F)(F)F)c3)C2)CCOCC1)c1ccc(-c2cn[nH]c2)cc1. The number of benzene rings is 2. The van der Waals surface area contributed by atoms with E-state index in [-0.39, 0.29) is 23.8 Å². The second-order valence-corrected chi connectivity index (χ2v) is 9.95. The number of nitrogens with one attached hydrogen (secondary N) is 2. The second-order valence-electron chi connectivity index (χ2n) is 9.95. The van der Waals surface area contributed by atoms with Crippen LogP contribution >= 0.6 is 0 Å². The summed E-state index contributed by atoms with van der Waals surface area (Å²) in [4.78, 5) is 15.9. The summed E-state index contributed by atoms with van der Waals surface area (Å²) in [6.45, 7) is 3.97. The van der Waals surface area contributed by atoms with Crippen LogP contribution in [0.5, 0.6) is 5.75 Å². The molecule has 2 aromatic carbocycles. The van der Waals surface area contributed by atoms with Gasteiger partial charge in [0.05, 0.1) is 17.8 Å². The van der Waals surface area contributed by atoms with Gasteiger partial charge in [-0.1, -0.05) is 30.3 Å². The van der Waals surface area contributed by atoms with Gasteiger partial charge in [-0.25, -0.2) is 0 Å². The average Bonchev–Trinajstić information content (AvgIpc) is 3.62. The molecule has 0 aliphatic carbocycles. The Morgan fingerprint density at radius 3 is 2.63 bits per heavy atom. The molecule has 2 N–H and O–H groups in total. The summed E-state index contributed by atoms with van der Waals surface area (Å²) >= 11 is 0. The summed E-state index contributed by atoms with van der Waals surface area (Å²) in [5.41, 5.74) is 1.52. The lowest BCUT2D eigenvalue weighted by molar-refractivity contribution is -0.141. The van der Waals surface area contributed by atoms with E-state index in [1.807, 2.05) is 37.4 Å². The summed E-state index contributed by atoms with van der Waals surface area (Å²) in [5, 5.41) is 10.00. The van der Waals surface area contributed by atoms with Gasteiger partial charge in [0.15, 0.2) is 0 Å². The number of aromatic nitrogens is 2. The number of aromatic amines is 1. The fourth-order valence-electron chi connectivity index (χ4n) is 5.33. The van der Waals surface area contributed by atoms with E-state index in [1.165, 1.54) is 12.1 Å². The van der Waals surface area contributed by atoms with Crippen molar-refractivity contribution in [3.05, 3.63) is 72.1 Å². The third kappa shape index (κ3) is 5.56. The van der Waals surface area contributed by atoms with Gasteiger partial charge < -0.3 is 14.8 Å². The third-order valence-corrected chi connectivity index (χ3v) is 7.55. The molecule has 2 atom stereocenters. The van der Waals surface area contributed by atoms with Crippen LogP contribution in [0.15, 0.2) is 60.9 Å². The molecule has 0 radical (unpaired) electrons. The smallest absolute Gasteiger partial charge is 0.416 e. The molecule has 2 fully saturated rings. The van der Waals surface area contributed by atoms with Gasteiger partial charge in [0.25, 0.3) is 0 Å². The van der Waals surface area contributed by atoms with Crippen molar-refractivity contribution >= 4 is 5.91 Å². The van der Waals surface area contributed by atoms with Gasteiger partial charge >= 0.3 is 6.18 Å². The lowest BCUT2D eigenvalue weighted by atomic mass is 9.86. The molecule has 1 aromatic heterocycles. The second kappa shape index (κ2) is 10.8. The fourth-order valence-corrected chi connectivity index (χ4v) is 5.33. The van der Waals surface area contributed by atoms with Crippen LogP contribution < -0.4 is 10.1 Å². The van der Waals surface area contributed by atoms with Crippen LogP contribution in [0.1, 0.15) is 43.4 Å². The van der Waals surface area contributed by atoms with Crippen LogP contribution in [0.25, 0.3) is 11.1 Å². The maximum atomic E-state index is 13.8. The van der Waals surface area contributed by atoms with Gasteiger partial charge in [-0.3, -0.25) is 14.8 Å². The average molecular weight is 529 g/mol. The summed E-state index contributed by atoms with van der Waals surface area (Å²) in [5.74, 6) is 0.122. The van der Waals surface area contributed by atoms with E-state index in [2.05, 4.69) is 20.4 Å². The van der Waals surface area contributed by atoms with Crippen molar-refractivity contribution in [3.8, 4) is 16.9 Å². The number of hydrogen-bond donors (Lipinski definition) is 2. The van der Waals surface area contributed by atoms with E-state index in [0.717, 1.165) is 28.8 Å². The van der Waals surface area contributed by atoms with Crippen molar-refractivity contribution in [2.75, 3.05) is 26.3 Å². The minimum absolute atomic E-state index is 0.0630. The quantitative estimate of drug-likeness (QED) is 0.453. The molecule has 2 aliphatic rings. The summed E-state index contributed by atoms with van der Waals surface area (Å²) in [6.07, 6.45) is 0.560. The standard InChI is InChI=1S/C28H31F3N4O3/c1-19(20-5-7-21(8-6-20)22-16-32-33-17-22)34-26(36)27(10-13-37-14-11-27)35-12-9-25(18-35)38-24-4-2-3-23(15-24)28(29,30)31/h2-8,15-17,19,25H,9-14,18H2,1H3,(H,32,33)(H,34,36)/t19?,25-/m1/s1. The zero-order valence-electron chi connectivity index (χ0n) is 21.1. The largest absolute Gasteiger partial charge is 0.489 e. The number of carbonyl (C=O) groups is 1. The molecular formula is C28H31F3N4O3. The molecule has 7 nitrogen and oxygen atoms in total. The zero-order chi connectivity index (χ0) is 26.8. The topological polar surface area (TPSA) is 79.5 Å². The lowest BCUT2D eigenvalue weighted by Crippen LogP contribution is -2.61. The minimum atomic E-state index is -4.43. The Hall–Kier alpha value is -3.37. The highest BCUT2D eigenvalue weighted by molar-refractivity contribution is 5.87. The van der Waals surface area contributed by atoms with Crippen molar-refractivity contribution in [2.24, 2.45) is 0 Å². The molecule has 0 spiro atoms. The van der Waals surface area contributed by atoms with Gasteiger partial charge in [0.2, 0.25) is 5.91 Å². The first-order chi connectivity index (χ1) is 18.2. The number of rotatable bonds is 7. The van der Waals surface area contributed by atoms with Crippen LogP contribution in [0.2, 0.25) is 0 Å². The highest BCUT2D eigenvalue weighted by atomic mass is 19.4. The molecule has 1 unspecified atom stereocenters. The van der Waals surface area contributed by atoms with E-state index in [9.17, 15) is 18.0 Å². The van der Waals surface area contributed by atoms with E-state index in [0.29, 0.717) is 45.6 Å². The van der Waals surface area contributed by atoms with Gasteiger partial charge in [0, 0.05) is 38.1 Å². The number of likely N-dealkylation sites (tertiary alicyclic amines) is 1. The van der Waals surface area contributed by atoms with Crippen LogP contribution in [0.3, 0.4) is 0 Å². The zero-order valence-corrected chi connectivity index (χ0v) is 21.1. The third-order valence-electron chi connectivity index (χ3n) is 7.55. The Morgan fingerprint density at radius 1 is 1.18 bits per heavy atom. The van der Waals surface area contributed by atoms with Crippen LogP contribution in [0, 0.1) is 0 Å². The summed E-state index contributed by atoms with van der Waals surface area (Å²) in [7, 11) is 0. The van der Waals surface area contributed by atoms with Gasteiger partial charge in [-0.2, -0.15) is 18.3 Å². The van der Waals surface area contributed by atoms with Crippen LogP contribution in [-0.4, -0.2) is 59.0 Å². The Labute approximate surface area is 219 Å². The van der Waals surface area contributed by atoms with Gasteiger partial charge in [0.1, 0.15) is 17.4 Å². The molecule has 3 heterocycles. The number of ether oxygens (including phenoxy) is 2. The number of nitrogens with zero attached hydrogens (tertiary/aromatic N) is 2. The Bertz CT molecular complexity index is 1220. The predicted octanol–water partition coefficient (Wildman–Crippen LogP) is 4.98. The van der Waals surface area contributed by atoms with Gasteiger partial charge in [-0.05, 0) is 55.5 Å². The predicted molar refractivity (Wildman–Crippen MR) is 135 cm³/mol. The molecule has 3 aromatic rings. The Morgan fingerprint density at radius 2 is 1.95 bits per heavy atom. The first kappa shape index (κ1) is 26.2. The molecule has 2 aliphatic heterocycles. The van der Waals surface area contributed by atoms with E-state index >= 15 is 0 Å². The number of halogens is 3. The number of H-pyrrole nitrogens is 1. The van der Waals surface area contributed by atoms with Crippen molar-refractivity contribution < 1.29 is 27.4 Å². The first-order valence-electron chi connectivity index (χ1n) is 12.8. The van der Waals surface area contributed by atoms with E-state index in [1.54, 1.807) is 6.20 Å². The van der Waals surface area contributed by atoms with Crippen molar-refractivity contribution in [1.29, 1.82) is 0 Å². The highest BCUT2D eigenvalue weighted by Gasteiger charge is 2.48. The summed E-state index contributed by atoms with van der Waals surface area (Å²) in [6, 6.07) is 12.7. The van der Waals surface area contributed by atoms with E-state index < -0.39 is 17.3 Å². The molecule has 2 saturated heterocycles. The molecule has 1 amide bonds. The molecular weight excluding hydrogens is 497 g/mol. The molecule has 202 valence electrons. The van der Waals surface area contributed by atoms with Crippen molar-refractivity contribution in [1.82, 2.24) is 20.4 Å². The highest BCUT2D eigenvalue weighted by Crippen LogP contribution is 2.35. The molecule has 0 bridgehead atoms. The minimum Gasteiger partial charge on any atom is -0.489 e. The number of carbonyl (C=O) groups excluding carboxylic acids is 1. The number of alkyl halides is 3. The van der Waals surface area contributed by atoms with Crippen molar-refractivity contribution in [3.63, 3.8) is 0 Å². The summed E-state index contributed by atoms with van der Waals surface area (Å²) < 4.78 is 50.9. The van der Waals surface area contributed by atoms with Gasteiger partial charge in [-0.15, -0.1) is 0 Å². The van der Waals surface area contributed by atoms with Crippen LogP contribution in [0.4, 0.5) is 13.2 Å². The molecule has 10 heteroatoms. The Balaban J connectivity index is 1.26. The lowest BCUT2D eigenvalue weighted by Gasteiger charge is -2.43.